The number of rotatable bonds is 4. The number of nitrogens with zero attached hydrogens (tertiary/aromatic N) is 1. The van der Waals surface area contributed by atoms with Crippen LogP contribution in [0.15, 0.2) is 22.7 Å². The molecule has 0 amide bonds. The highest BCUT2D eigenvalue weighted by Gasteiger charge is 2.09. The van der Waals surface area contributed by atoms with Crippen molar-refractivity contribution in [2.45, 2.75) is 39.2 Å². The van der Waals surface area contributed by atoms with Crippen molar-refractivity contribution in [2.75, 3.05) is 0 Å². The molecular formula is C15H19NOS. The maximum absolute atomic E-state index is 5.18. The van der Waals surface area contributed by atoms with E-state index in [1.54, 1.807) is 0 Å². The second-order valence-corrected chi connectivity index (χ2v) is 5.71. The molecule has 0 aliphatic heterocycles. The normalized spacial score (nSPS) is 10.9. The molecule has 0 radical (unpaired) electrons. The van der Waals surface area contributed by atoms with Gasteiger partial charge in [0, 0.05) is 17.1 Å². The first-order chi connectivity index (χ1) is 8.58. The number of aromatic nitrogens is 1. The fraction of sp³-hybridized carbons (Fsp3) is 0.400. The Balaban J connectivity index is 1.98. The Bertz CT molecular complexity index is 526. The number of aryl methyl sites for hydroxylation is 4. The molecule has 2 aromatic rings. The predicted molar refractivity (Wildman–Crippen MR) is 76.9 cm³/mol. The minimum Gasteiger partial charge on any atom is -0.361 e. The van der Waals surface area contributed by atoms with Crippen LogP contribution in [0, 0.1) is 27.7 Å². The highest BCUT2D eigenvalue weighted by Crippen LogP contribution is 2.24. The summed E-state index contributed by atoms with van der Waals surface area (Å²) >= 11 is 1.92. The predicted octanol–water partition coefficient (Wildman–Crippen LogP) is 4.34. The van der Waals surface area contributed by atoms with Gasteiger partial charge in [-0.15, -0.1) is 0 Å². The molecule has 0 saturated heterocycles. The van der Waals surface area contributed by atoms with Crippen molar-refractivity contribution < 1.29 is 4.52 Å². The first kappa shape index (κ1) is 13.2. The molecule has 18 heavy (non-hydrogen) atoms. The van der Waals surface area contributed by atoms with Gasteiger partial charge in [-0.05, 0) is 38.8 Å². The summed E-state index contributed by atoms with van der Waals surface area (Å²) in [6, 6.07) is 6.63. The van der Waals surface area contributed by atoms with Gasteiger partial charge in [0.15, 0.2) is 0 Å². The molecular weight excluding hydrogens is 242 g/mol. The molecule has 0 aliphatic rings. The van der Waals surface area contributed by atoms with E-state index in [-0.39, 0.29) is 0 Å². The molecule has 0 N–H and O–H groups in total. The largest absolute Gasteiger partial charge is 0.361 e. The maximum atomic E-state index is 5.18. The molecule has 0 saturated carbocycles. The van der Waals surface area contributed by atoms with Crippen molar-refractivity contribution in [3.05, 3.63) is 51.9 Å². The van der Waals surface area contributed by atoms with Crippen LogP contribution in [-0.2, 0) is 11.5 Å². The van der Waals surface area contributed by atoms with Crippen LogP contribution in [0.4, 0.5) is 0 Å². The van der Waals surface area contributed by atoms with Crippen molar-refractivity contribution >= 4 is 11.8 Å². The average molecular weight is 261 g/mol. The molecule has 3 heteroatoms. The SMILES string of the molecule is Cc1ccc(C)c(CSCc2c(C)noc2C)c1. The Morgan fingerprint density at radius 2 is 1.89 bits per heavy atom. The standard InChI is InChI=1S/C15H19NOS/c1-10-5-6-11(2)14(7-10)8-18-9-15-12(3)16-17-13(15)4/h5-7H,8-9H2,1-4H3. The zero-order valence-electron chi connectivity index (χ0n) is 11.4. The Morgan fingerprint density at radius 1 is 1.11 bits per heavy atom. The molecule has 0 unspecified atom stereocenters. The van der Waals surface area contributed by atoms with Gasteiger partial charge in [0.1, 0.15) is 5.76 Å². The summed E-state index contributed by atoms with van der Waals surface area (Å²) in [7, 11) is 0. The van der Waals surface area contributed by atoms with E-state index >= 15 is 0 Å². The molecule has 1 heterocycles. The van der Waals surface area contributed by atoms with E-state index in [0.29, 0.717) is 0 Å². The van der Waals surface area contributed by atoms with Gasteiger partial charge in [0.05, 0.1) is 5.69 Å². The summed E-state index contributed by atoms with van der Waals surface area (Å²) in [5.74, 6) is 2.95. The van der Waals surface area contributed by atoms with E-state index in [1.165, 1.54) is 22.3 Å². The Morgan fingerprint density at radius 3 is 2.56 bits per heavy atom. The van der Waals surface area contributed by atoms with Crippen LogP contribution in [0.2, 0.25) is 0 Å². The summed E-state index contributed by atoms with van der Waals surface area (Å²) in [6.45, 7) is 8.30. The lowest BCUT2D eigenvalue weighted by atomic mass is 10.1. The lowest BCUT2D eigenvalue weighted by molar-refractivity contribution is 0.392. The number of thioether (sulfide) groups is 1. The van der Waals surface area contributed by atoms with Crippen LogP contribution in [-0.4, -0.2) is 5.16 Å². The van der Waals surface area contributed by atoms with Crippen molar-refractivity contribution in [2.24, 2.45) is 0 Å². The van der Waals surface area contributed by atoms with Crippen LogP contribution >= 0.6 is 11.8 Å². The molecule has 0 atom stereocenters. The van der Waals surface area contributed by atoms with Gasteiger partial charge in [-0.1, -0.05) is 28.9 Å². The number of benzene rings is 1. The number of hydrogen-bond donors (Lipinski definition) is 0. The van der Waals surface area contributed by atoms with Crippen LogP contribution < -0.4 is 0 Å². The maximum Gasteiger partial charge on any atom is 0.137 e. The molecule has 1 aromatic carbocycles. The van der Waals surface area contributed by atoms with Crippen molar-refractivity contribution in [1.29, 1.82) is 0 Å². The molecule has 0 bridgehead atoms. The van der Waals surface area contributed by atoms with E-state index < -0.39 is 0 Å². The zero-order valence-corrected chi connectivity index (χ0v) is 12.2. The zero-order chi connectivity index (χ0) is 13.1. The molecule has 1 aromatic heterocycles. The summed E-state index contributed by atoms with van der Waals surface area (Å²) in [4.78, 5) is 0. The van der Waals surface area contributed by atoms with E-state index in [2.05, 4.69) is 37.2 Å². The van der Waals surface area contributed by atoms with Crippen LogP contribution in [0.5, 0.6) is 0 Å². The highest BCUT2D eigenvalue weighted by molar-refractivity contribution is 7.97. The smallest absolute Gasteiger partial charge is 0.137 e. The Kier molecular flexibility index (Phi) is 4.12. The highest BCUT2D eigenvalue weighted by atomic mass is 32.2. The average Bonchev–Trinajstić information content (AvgIpc) is 2.65. The molecule has 0 spiro atoms. The molecule has 96 valence electrons. The van der Waals surface area contributed by atoms with Crippen LogP contribution in [0.1, 0.15) is 33.7 Å². The van der Waals surface area contributed by atoms with E-state index in [4.69, 9.17) is 4.52 Å². The third kappa shape index (κ3) is 2.96. The van der Waals surface area contributed by atoms with Gasteiger partial charge in [-0.25, -0.2) is 0 Å². The second kappa shape index (κ2) is 5.61. The van der Waals surface area contributed by atoms with Crippen LogP contribution in [0.25, 0.3) is 0 Å². The monoisotopic (exact) mass is 261 g/mol. The Labute approximate surface area is 113 Å². The van der Waals surface area contributed by atoms with Gasteiger partial charge in [0.25, 0.3) is 0 Å². The summed E-state index contributed by atoms with van der Waals surface area (Å²) in [5, 5.41) is 3.99. The van der Waals surface area contributed by atoms with Gasteiger partial charge < -0.3 is 4.52 Å². The lowest BCUT2D eigenvalue weighted by Crippen LogP contribution is -1.90. The molecule has 0 aliphatic carbocycles. The number of hydrogen-bond acceptors (Lipinski definition) is 3. The van der Waals surface area contributed by atoms with Gasteiger partial charge in [-0.2, -0.15) is 11.8 Å². The lowest BCUT2D eigenvalue weighted by Gasteiger charge is -2.07. The Hall–Kier alpha value is -1.22. The van der Waals surface area contributed by atoms with E-state index in [1.807, 2.05) is 25.6 Å². The summed E-state index contributed by atoms with van der Waals surface area (Å²) < 4.78 is 5.18. The quantitative estimate of drug-likeness (QED) is 0.818. The van der Waals surface area contributed by atoms with Crippen molar-refractivity contribution in [1.82, 2.24) is 5.16 Å². The van der Waals surface area contributed by atoms with Gasteiger partial charge in [-0.3, -0.25) is 0 Å². The third-order valence-electron chi connectivity index (χ3n) is 3.19. The van der Waals surface area contributed by atoms with Gasteiger partial charge in [0.2, 0.25) is 0 Å². The molecule has 2 rings (SSSR count). The van der Waals surface area contributed by atoms with Crippen molar-refractivity contribution in [3.8, 4) is 0 Å². The van der Waals surface area contributed by atoms with E-state index in [0.717, 1.165) is 23.0 Å². The first-order valence-electron chi connectivity index (χ1n) is 6.13. The van der Waals surface area contributed by atoms with Crippen LogP contribution in [0.3, 0.4) is 0 Å². The van der Waals surface area contributed by atoms with Crippen molar-refractivity contribution in [3.63, 3.8) is 0 Å². The topological polar surface area (TPSA) is 26.0 Å². The first-order valence-corrected chi connectivity index (χ1v) is 7.29. The third-order valence-corrected chi connectivity index (χ3v) is 4.20. The fourth-order valence-corrected chi connectivity index (χ4v) is 3.18. The minimum atomic E-state index is 0.945. The minimum absolute atomic E-state index is 0.945. The second-order valence-electron chi connectivity index (χ2n) is 4.73. The fourth-order valence-electron chi connectivity index (χ4n) is 1.93. The molecule has 2 nitrogen and oxygen atoms in total. The summed E-state index contributed by atoms with van der Waals surface area (Å²) in [5.41, 5.74) is 6.37. The summed E-state index contributed by atoms with van der Waals surface area (Å²) in [6.07, 6.45) is 0. The molecule has 0 fully saturated rings. The van der Waals surface area contributed by atoms with Gasteiger partial charge >= 0.3 is 0 Å². The van der Waals surface area contributed by atoms with E-state index in [9.17, 15) is 0 Å².